The highest BCUT2D eigenvalue weighted by atomic mass is 16.7. The van der Waals surface area contributed by atoms with Crippen molar-refractivity contribution in [2.45, 2.75) is 6.04 Å². The molecule has 2 heterocycles. The molecule has 0 aromatic heterocycles. The fourth-order valence-corrected chi connectivity index (χ4v) is 2.81. The summed E-state index contributed by atoms with van der Waals surface area (Å²) in [4.78, 5) is 11.9. The Hall–Kier alpha value is -3.29. The Bertz CT molecular complexity index is 838. The fraction of sp³-hybridized carbons (Fsp3) is 0.235. The quantitative estimate of drug-likeness (QED) is 0.786. The summed E-state index contributed by atoms with van der Waals surface area (Å²) >= 11 is 0. The van der Waals surface area contributed by atoms with E-state index in [0.717, 1.165) is 5.56 Å². The van der Waals surface area contributed by atoms with Crippen LogP contribution in [0.5, 0.6) is 28.7 Å². The fourth-order valence-electron chi connectivity index (χ4n) is 2.81. The lowest BCUT2D eigenvalue weighted by Crippen LogP contribution is -2.36. The average molecular weight is 344 g/mol. The van der Waals surface area contributed by atoms with Crippen LogP contribution in [-0.4, -0.2) is 31.8 Å². The molecule has 3 N–H and O–H groups in total. The molecule has 0 saturated carbocycles. The summed E-state index contributed by atoms with van der Waals surface area (Å²) in [6, 6.07) is 7.46. The lowest BCUT2D eigenvalue weighted by molar-refractivity contribution is 0.173. The number of carbonyl (C=O) groups excluding carboxylic acids is 1. The van der Waals surface area contributed by atoms with Crippen molar-refractivity contribution >= 4 is 6.03 Å². The third kappa shape index (κ3) is 2.71. The Morgan fingerprint density at radius 2 is 1.64 bits per heavy atom. The highest BCUT2D eigenvalue weighted by molar-refractivity contribution is 5.75. The van der Waals surface area contributed by atoms with Gasteiger partial charge in [0.25, 0.3) is 0 Å². The van der Waals surface area contributed by atoms with E-state index in [9.17, 15) is 9.90 Å². The van der Waals surface area contributed by atoms with E-state index in [1.54, 1.807) is 24.3 Å². The number of urea groups is 1. The second-order valence-corrected chi connectivity index (χ2v) is 5.53. The molecule has 25 heavy (non-hydrogen) atoms. The number of nitrogens with one attached hydrogen (secondary N) is 2. The zero-order valence-electron chi connectivity index (χ0n) is 13.4. The van der Waals surface area contributed by atoms with Crippen molar-refractivity contribution in [3.8, 4) is 28.7 Å². The van der Waals surface area contributed by atoms with Crippen LogP contribution in [0.15, 0.2) is 30.3 Å². The Morgan fingerprint density at radius 3 is 2.36 bits per heavy atom. The normalized spacial score (nSPS) is 14.9. The number of fused-ring (bicyclic) bond motifs is 2. The van der Waals surface area contributed by atoms with Crippen LogP contribution in [0.2, 0.25) is 0 Å². The third-order valence-corrected chi connectivity index (χ3v) is 4.07. The zero-order chi connectivity index (χ0) is 17.4. The van der Waals surface area contributed by atoms with Gasteiger partial charge in [-0.25, -0.2) is 4.79 Å². The van der Waals surface area contributed by atoms with Gasteiger partial charge in [-0.1, -0.05) is 6.07 Å². The molecule has 130 valence electrons. The highest BCUT2D eigenvalue weighted by Gasteiger charge is 2.26. The van der Waals surface area contributed by atoms with Crippen LogP contribution < -0.4 is 29.6 Å². The second kappa shape index (κ2) is 5.97. The van der Waals surface area contributed by atoms with Gasteiger partial charge >= 0.3 is 6.03 Å². The van der Waals surface area contributed by atoms with Gasteiger partial charge in [-0.2, -0.15) is 0 Å². The number of aromatic hydroxyl groups is 1. The number of ether oxygens (including phenoxy) is 4. The standard InChI is InChI=1S/C17H16N2O6/c1-18-17(21)19-16(9-2-3-12-13(4-9)23-7-22-12)10-5-14-15(6-11(10)20)25-8-24-14/h2-6,16,20H,7-8H2,1H3,(H2,18,19,21)/t16-/m0/s1. The minimum Gasteiger partial charge on any atom is -0.507 e. The van der Waals surface area contributed by atoms with Crippen LogP contribution >= 0.6 is 0 Å². The molecular weight excluding hydrogens is 328 g/mol. The van der Waals surface area contributed by atoms with Crippen molar-refractivity contribution < 1.29 is 28.8 Å². The van der Waals surface area contributed by atoms with Crippen molar-refractivity contribution in [1.82, 2.24) is 10.6 Å². The minimum atomic E-state index is -0.621. The first-order valence-electron chi connectivity index (χ1n) is 7.66. The van der Waals surface area contributed by atoms with E-state index in [2.05, 4.69) is 10.6 Å². The van der Waals surface area contributed by atoms with Gasteiger partial charge in [-0.3, -0.25) is 0 Å². The Morgan fingerprint density at radius 1 is 1.00 bits per heavy atom. The molecule has 2 aromatic rings. The SMILES string of the molecule is CNC(=O)N[C@@H](c1ccc2c(c1)OCO2)c1cc2c(cc1O)OCO2. The molecule has 0 aliphatic carbocycles. The molecule has 2 aromatic carbocycles. The van der Waals surface area contributed by atoms with Crippen molar-refractivity contribution in [2.24, 2.45) is 0 Å². The van der Waals surface area contributed by atoms with Gasteiger partial charge in [0.15, 0.2) is 23.0 Å². The first-order chi connectivity index (χ1) is 12.2. The molecule has 2 aliphatic rings. The molecule has 0 radical (unpaired) electrons. The van der Waals surface area contributed by atoms with Gasteiger partial charge < -0.3 is 34.7 Å². The molecule has 0 spiro atoms. The van der Waals surface area contributed by atoms with E-state index in [1.165, 1.54) is 13.1 Å². The zero-order valence-corrected chi connectivity index (χ0v) is 13.4. The molecule has 8 nitrogen and oxygen atoms in total. The lowest BCUT2D eigenvalue weighted by Gasteiger charge is -2.21. The van der Waals surface area contributed by atoms with Crippen molar-refractivity contribution in [2.75, 3.05) is 20.6 Å². The predicted octanol–water partition coefficient (Wildman–Crippen LogP) is 1.87. The molecule has 0 unspecified atom stereocenters. The van der Waals surface area contributed by atoms with Crippen LogP contribution in [-0.2, 0) is 0 Å². The second-order valence-electron chi connectivity index (χ2n) is 5.53. The maximum Gasteiger partial charge on any atom is 0.315 e. The number of hydrogen-bond acceptors (Lipinski definition) is 6. The van der Waals surface area contributed by atoms with Crippen LogP contribution in [0.3, 0.4) is 0 Å². The Kier molecular flexibility index (Phi) is 3.64. The summed E-state index contributed by atoms with van der Waals surface area (Å²) in [6.07, 6.45) is 0. The molecule has 2 amide bonds. The number of benzene rings is 2. The lowest BCUT2D eigenvalue weighted by atomic mass is 9.97. The van der Waals surface area contributed by atoms with Gasteiger partial charge in [0, 0.05) is 18.7 Å². The minimum absolute atomic E-state index is 0.0108. The monoisotopic (exact) mass is 344 g/mol. The molecule has 4 rings (SSSR count). The maximum atomic E-state index is 11.9. The van der Waals surface area contributed by atoms with Crippen molar-refractivity contribution in [3.63, 3.8) is 0 Å². The Balaban J connectivity index is 1.77. The van der Waals surface area contributed by atoms with Gasteiger partial charge in [0.1, 0.15) is 5.75 Å². The van der Waals surface area contributed by atoms with Gasteiger partial charge in [-0.05, 0) is 23.8 Å². The topological polar surface area (TPSA) is 98.3 Å². The molecule has 8 heteroatoms. The van der Waals surface area contributed by atoms with Crippen molar-refractivity contribution in [3.05, 3.63) is 41.5 Å². The summed E-state index contributed by atoms with van der Waals surface area (Å²) in [5.74, 6) is 2.19. The number of carbonyl (C=O) groups is 1. The van der Waals surface area contributed by atoms with E-state index in [1.807, 2.05) is 0 Å². The van der Waals surface area contributed by atoms with Crippen LogP contribution in [0.4, 0.5) is 4.79 Å². The Labute approximate surface area is 143 Å². The summed E-state index contributed by atoms with van der Waals surface area (Å²) in [5.41, 5.74) is 1.20. The largest absolute Gasteiger partial charge is 0.507 e. The van der Waals surface area contributed by atoms with E-state index < -0.39 is 6.04 Å². The molecule has 0 saturated heterocycles. The van der Waals surface area contributed by atoms with E-state index in [4.69, 9.17) is 18.9 Å². The third-order valence-electron chi connectivity index (χ3n) is 4.07. The highest BCUT2D eigenvalue weighted by Crippen LogP contribution is 2.42. The summed E-state index contributed by atoms with van der Waals surface area (Å²) in [6.45, 7) is 0.247. The molecule has 0 fully saturated rings. The van der Waals surface area contributed by atoms with Gasteiger partial charge in [0.05, 0.1) is 6.04 Å². The molecular formula is C17H16N2O6. The van der Waals surface area contributed by atoms with E-state index >= 15 is 0 Å². The van der Waals surface area contributed by atoms with Crippen molar-refractivity contribution in [1.29, 1.82) is 0 Å². The van der Waals surface area contributed by atoms with Crippen LogP contribution in [0.1, 0.15) is 17.2 Å². The summed E-state index contributed by atoms with van der Waals surface area (Å²) < 4.78 is 21.4. The number of phenolic OH excluding ortho intramolecular Hbond substituents is 1. The first kappa shape index (κ1) is 15.3. The predicted molar refractivity (Wildman–Crippen MR) is 86.2 cm³/mol. The molecule has 1 atom stereocenters. The number of amides is 2. The van der Waals surface area contributed by atoms with Crippen LogP contribution in [0.25, 0.3) is 0 Å². The smallest absolute Gasteiger partial charge is 0.315 e. The first-order valence-corrected chi connectivity index (χ1v) is 7.66. The van der Waals surface area contributed by atoms with Gasteiger partial charge in [-0.15, -0.1) is 0 Å². The van der Waals surface area contributed by atoms with E-state index in [-0.39, 0.29) is 25.4 Å². The number of hydrogen-bond donors (Lipinski definition) is 3. The summed E-state index contributed by atoms with van der Waals surface area (Å²) in [5, 5.41) is 15.8. The van der Waals surface area contributed by atoms with E-state index in [0.29, 0.717) is 28.6 Å². The van der Waals surface area contributed by atoms with Crippen LogP contribution in [0, 0.1) is 0 Å². The number of phenols is 1. The number of rotatable bonds is 3. The van der Waals surface area contributed by atoms with Gasteiger partial charge in [0.2, 0.25) is 13.6 Å². The maximum absolute atomic E-state index is 11.9. The average Bonchev–Trinajstić information content (AvgIpc) is 3.26. The molecule has 0 bridgehead atoms. The molecule has 2 aliphatic heterocycles. The summed E-state index contributed by atoms with van der Waals surface area (Å²) in [7, 11) is 1.52.